The van der Waals surface area contributed by atoms with Gasteiger partial charge in [-0.2, -0.15) is 11.8 Å². The molecular formula is C13H18ClNO2S2. The maximum absolute atomic E-state index is 11.9. The standard InChI is InChI=1S/C13H18ClNO2S2/c1-9(7-18-2)13(16)15-11-4-5-12(14)10(6-11)8-19(3)17/h4-6,9H,7-8H2,1-3H3,(H,15,16)/t9-,19+/m1/s1. The first kappa shape index (κ1) is 16.5. The molecule has 0 radical (unpaired) electrons. The van der Waals surface area contributed by atoms with E-state index in [-0.39, 0.29) is 11.8 Å². The van der Waals surface area contributed by atoms with Crippen LogP contribution in [0.4, 0.5) is 5.69 Å². The van der Waals surface area contributed by atoms with Gasteiger partial charge in [-0.1, -0.05) is 18.5 Å². The third-order valence-electron chi connectivity index (χ3n) is 2.54. The van der Waals surface area contributed by atoms with Gasteiger partial charge < -0.3 is 5.32 Å². The molecule has 0 aliphatic carbocycles. The van der Waals surface area contributed by atoms with E-state index in [0.717, 1.165) is 11.3 Å². The molecule has 3 nitrogen and oxygen atoms in total. The molecule has 0 bridgehead atoms. The average molecular weight is 320 g/mol. The van der Waals surface area contributed by atoms with Gasteiger partial charge in [-0.05, 0) is 30.0 Å². The summed E-state index contributed by atoms with van der Waals surface area (Å²) in [7, 11) is -0.960. The van der Waals surface area contributed by atoms with Crippen LogP contribution in [0, 0.1) is 5.92 Å². The highest BCUT2D eigenvalue weighted by atomic mass is 35.5. The Balaban J connectivity index is 2.79. The van der Waals surface area contributed by atoms with E-state index in [9.17, 15) is 9.00 Å². The van der Waals surface area contributed by atoms with Gasteiger partial charge in [0.2, 0.25) is 5.91 Å². The minimum absolute atomic E-state index is 0.0137. The number of benzene rings is 1. The number of halogens is 1. The Hall–Kier alpha value is -0.520. The van der Waals surface area contributed by atoms with Crippen molar-refractivity contribution in [1.82, 2.24) is 0 Å². The Bertz CT molecular complexity index is 480. The molecule has 2 atom stereocenters. The van der Waals surface area contributed by atoms with Crippen LogP contribution in [0.1, 0.15) is 12.5 Å². The van der Waals surface area contributed by atoms with Crippen molar-refractivity contribution in [3.8, 4) is 0 Å². The van der Waals surface area contributed by atoms with Crippen molar-refractivity contribution < 1.29 is 9.00 Å². The van der Waals surface area contributed by atoms with E-state index in [2.05, 4.69) is 5.32 Å². The number of thioether (sulfide) groups is 1. The van der Waals surface area contributed by atoms with Crippen LogP contribution in [-0.4, -0.2) is 28.4 Å². The normalized spacial score (nSPS) is 13.9. The summed E-state index contributed by atoms with van der Waals surface area (Å²) in [5.74, 6) is 1.11. The van der Waals surface area contributed by atoms with Gasteiger partial charge in [-0.3, -0.25) is 9.00 Å². The number of hydrogen-bond acceptors (Lipinski definition) is 3. The van der Waals surface area contributed by atoms with Crippen molar-refractivity contribution in [1.29, 1.82) is 0 Å². The molecule has 1 aromatic rings. The van der Waals surface area contributed by atoms with Crippen molar-refractivity contribution in [2.45, 2.75) is 12.7 Å². The maximum Gasteiger partial charge on any atom is 0.228 e. The molecule has 0 aliphatic rings. The molecular weight excluding hydrogens is 302 g/mol. The summed E-state index contributed by atoms with van der Waals surface area (Å²) in [6.45, 7) is 1.89. The van der Waals surface area contributed by atoms with Gasteiger partial charge in [0.1, 0.15) is 0 Å². The van der Waals surface area contributed by atoms with Crippen molar-refractivity contribution in [3.05, 3.63) is 28.8 Å². The molecule has 0 heterocycles. The van der Waals surface area contributed by atoms with Gasteiger partial charge in [0.25, 0.3) is 0 Å². The third kappa shape index (κ3) is 5.55. The number of rotatable bonds is 6. The molecule has 0 unspecified atom stereocenters. The van der Waals surface area contributed by atoms with E-state index in [1.54, 1.807) is 36.2 Å². The molecule has 0 fully saturated rings. The average Bonchev–Trinajstić information content (AvgIpc) is 2.33. The lowest BCUT2D eigenvalue weighted by molar-refractivity contribution is -0.118. The lowest BCUT2D eigenvalue weighted by Crippen LogP contribution is -2.22. The Morgan fingerprint density at radius 1 is 1.53 bits per heavy atom. The summed E-state index contributed by atoms with van der Waals surface area (Å²) >= 11 is 7.68. The summed E-state index contributed by atoms with van der Waals surface area (Å²) in [6, 6.07) is 5.26. The molecule has 106 valence electrons. The van der Waals surface area contributed by atoms with Crippen LogP contribution in [0.5, 0.6) is 0 Å². The van der Waals surface area contributed by atoms with Crippen LogP contribution in [0.2, 0.25) is 5.02 Å². The number of nitrogens with one attached hydrogen (secondary N) is 1. The highest BCUT2D eigenvalue weighted by molar-refractivity contribution is 7.98. The molecule has 1 N–H and O–H groups in total. The molecule has 6 heteroatoms. The topological polar surface area (TPSA) is 46.2 Å². The SMILES string of the molecule is CSC[C@@H](C)C(=O)Nc1ccc(Cl)c(C[S@](C)=O)c1. The van der Waals surface area contributed by atoms with Crippen molar-refractivity contribution in [2.75, 3.05) is 23.6 Å². The second-order valence-corrected chi connectivity index (χ2v) is 7.12. The van der Waals surface area contributed by atoms with E-state index in [0.29, 0.717) is 16.5 Å². The monoisotopic (exact) mass is 319 g/mol. The Morgan fingerprint density at radius 3 is 2.79 bits per heavy atom. The molecule has 1 amide bonds. The van der Waals surface area contributed by atoms with Gasteiger partial charge >= 0.3 is 0 Å². The van der Waals surface area contributed by atoms with Crippen molar-refractivity contribution in [3.63, 3.8) is 0 Å². The zero-order valence-corrected chi connectivity index (χ0v) is 13.6. The summed E-state index contributed by atoms with van der Waals surface area (Å²) in [5, 5.41) is 3.43. The largest absolute Gasteiger partial charge is 0.326 e. The lowest BCUT2D eigenvalue weighted by atomic mass is 10.2. The van der Waals surface area contributed by atoms with Crippen LogP contribution in [-0.2, 0) is 21.3 Å². The van der Waals surface area contributed by atoms with Gasteiger partial charge in [0, 0.05) is 45.2 Å². The summed E-state index contributed by atoms with van der Waals surface area (Å²) in [6.07, 6.45) is 3.60. The highest BCUT2D eigenvalue weighted by Crippen LogP contribution is 2.22. The van der Waals surface area contributed by atoms with Crippen LogP contribution < -0.4 is 5.32 Å². The molecule has 0 saturated carbocycles. The second-order valence-electron chi connectivity index (χ2n) is 4.37. The summed E-state index contributed by atoms with van der Waals surface area (Å²) < 4.78 is 11.3. The van der Waals surface area contributed by atoms with E-state index in [1.165, 1.54) is 0 Å². The minimum Gasteiger partial charge on any atom is -0.326 e. The predicted molar refractivity (Wildman–Crippen MR) is 85.4 cm³/mol. The lowest BCUT2D eigenvalue weighted by Gasteiger charge is -2.12. The summed E-state index contributed by atoms with van der Waals surface area (Å²) in [4.78, 5) is 11.9. The molecule has 0 aromatic heterocycles. The van der Waals surface area contributed by atoms with E-state index < -0.39 is 10.8 Å². The van der Waals surface area contributed by atoms with Gasteiger partial charge in [-0.15, -0.1) is 0 Å². The zero-order valence-electron chi connectivity index (χ0n) is 11.2. The highest BCUT2D eigenvalue weighted by Gasteiger charge is 2.13. The third-order valence-corrected chi connectivity index (χ3v) is 4.46. The van der Waals surface area contributed by atoms with Gasteiger partial charge in [-0.25, -0.2) is 0 Å². The Labute approximate surface area is 125 Å². The zero-order chi connectivity index (χ0) is 14.4. The van der Waals surface area contributed by atoms with Crippen LogP contribution in [0.15, 0.2) is 18.2 Å². The first-order valence-electron chi connectivity index (χ1n) is 5.82. The number of carbonyl (C=O) groups excluding carboxylic acids is 1. The summed E-state index contributed by atoms with van der Waals surface area (Å²) in [5.41, 5.74) is 1.49. The molecule has 1 rings (SSSR count). The predicted octanol–water partition coefficient (Wildman–Crippen LogP) is 3.16. The molecule has 1 aromatic carbocycles. The fourth-order valence-corrected chi connectivity index (χ4v) is 3.17. The number of hydrogen-bond donors (Lipinski definition) is 1. The quantitative estimate of drug-likeness (QED) is 0.876. The van der Waals surface area contributed by atoms with E-state index >= 15 is 0 Å². The van der Waals surface area contributed by atoms with E-state index in [4.69, 9.17) is 11.6 Å². The molecule has 0 spiro atoms. The Morgan fingerprint density at radius 2 is 2.21 bits per heavy atom. The molecule has 0 aliphatic heterocycles. The number of amides is 1. The second kappa shape index (κ2) is 7.92. The first-order chi connectivity index (χ1) is 8.93. The minimum atomic E-state index is -0.960. The molecule has 19 heavy (non-hydrogen) atoms. The number of anilines is 1. The smallest absolute Gasteiger partial charge is 0.228 e. The van der Waals surface area contributed by atoms with Crippen molar-refractivity contribution >= 4 is 45.8 Å². The number of carbonyl (C=O) groups is 1. The fourth-order valence-electron chi connectivity index (χ4n) is 1.57. The van der Waals surface area contributed by atoms with Crippen LogP contribution in [0.3, 0.4) is 0 Å². The Kier molecular flexibility index (Phi) is 6.89. The van der Waals surface area contributed by atoms with Gasteiger partial charge in [0.05, 0.1) is 0 Å². The molecule has 0 saturated heterocycles. The first-order valence-corrected chi connectivity index (χ1v) is 9.32. The van der Waals surface area contributed by atoms with Crippen molar-refractivity contribution in [2.24, 2.45) is 5.92 Å². The van der Waals surface area contributed by atoms with Crippen LogP contribution in [0.25, 0.3) is 0 Å². The van der Waals surface area contributed by atoms with Gasteiger partial charge in [0.15, 0.2) is 0 Å². The fraction of sp³-hybridized carbons (Fsp3) is 0.462. The maximum atomic E-state index is 11.9. The van der Waals surface area contributed by atoms with Crippen LogP contribution >= 0.6 is 23.4 Å². The van der Waals surface area contributed by atoms with E-state index in [1.807, 2.05) is 13.2 Å².